The maximum absolute atomic E-state index is 14.4. The van der Waals surface area contributed by atoms with Gasteiger partial charge in [0.25, 0.3) is 0 Å². The second-order valence-corrected chi connectivity index (χ2v) is 22.4. The van der Waals surface area contributed by atoms with Crippen LogP contribution in [-0.4, -0.2) is 14.6 Å². The van der Waals surface area contributed by atoms with Crippen molar-refractivity contribution in [2.24, 2.45) is 5.92 Å². The lowest BCUT2D eigenvalue weighted by molar-refractivity contribution is 0.0898. The molecule has 5 nitrogen and oxygen atoms in total. The normalized spacial score (nSPS) is 18.9. The molecule has 0 N–H and O–H groups in total. The largest absolute Gasteiger partial charge is 0.455 e. The number of nitriles is 1. The van der Waals surface area contributed by atoms with Crippen molar-refractivity contribution < 1.29 is 9.21 Å². The number of rotatable bonds is 4. The van der Waals surface area contributed by atoms with Crippen LogP contribution in [0.3, 0.4) is 0 Å². The van der Waals surface area contributed by atoms with Gasteiger partial charge in [-0.2, -0.15) is 5.26 Å². The molecule has 0 saturated heterocycles. The smallest absolute Gasteiger partial charge is 0.166 e. The average molecular weight is 884 g/mol. The summed E-state index contributed by atoms with van der Waals surface area (Å²) in [7, 11) is 0. The van der Waals surface area contributed by atoms with Crippen LogP contribution in [0.25, 0.3) is 109 Å². The summed E-state index contributed by atoms with van der Waals surface area (Å²) < 4.78 is 12.0. The third-order valence-electron chi connectivity index (χ3n) is 17.9. The van der Waals surface area contributed by atoms with Crippen LogP contribution in [0.2, 0.25) is 0 Å². The second-order valence-electron chi connectivity index (χ2n) is 22.4. The van der Waals surface area contributed by atoms with Crippen LogP contribution >= 0.6 is 0 Å². The Bertz CT molecular complexity index is 4310. The number of furan rings is 1. The molecular formula is C63H53N3O2. The first kappa shape index (κ1) is 39.1. The first-order chi connectivity index (χ1) is 32.9. The van der Waals surface area contributed by atoms with Crippen LogP contribution in [0, 0.1) is 17.2 Å². The molecule has 1 fully saturated rings. The summed E-state index contributed by atoms with van der Waals surface area (Å²) in [6, 6.07) is 35.3. The van der Waals surface area contributed by atoms with Gasteiger partial charge in [0.15, 0.2) is 5.78 Å². The number of hydrogen-bond donors (Lipinski definition) is 0. The molecule has 0 aliphatic heterocycles. The SMILES string of the molecule is CCc1cc(CC)c(-c2cc3c4cc5c(cc4n4c6cc(C#N)c7c(c6c(c2)c34)C(C)(C)CC7(C)C)c2c3oc4ccccc4c3cc3c4cc6c(cc4n5c32)C(=O)C2CCC6CC2)c(CC)c1. The summed E-state index contributed by atoms with van der Waals surface area (Å²) in [5, 5.41) is 23.0. The summed E-state index contributed by atoms with van der Waals surface area (Å²) in [5.41, 5.74) is 20.7. The molecule has 0 atom stereocenters. The number of aromatic nitrogens is 2. The predicted octanol–water partition coefficient (Wildman–Crippen LogP) is 16.5. The molecule has 2 bridgehead atoms. The Labute approximate surface area is 394 Å². The van der Waals surface area contributed by atoms with Crippen LogP contribution in [0.5, 0.6) is 0 Å². The first-order valence-electron chi connectivity index (χ1n) is 25.4. The monoisotopic (exact) mass is 883 g/mol. The minimum Gasteiger partial charge on any atom is -0.455 e. The fourth-order valence-corrected chi connectivity index (χ4v) is 15.3. The molecule has 0 amide bonds. The zero-order chi connectivity index (χ0) is 46.0. The molecule has 4 aliphatic rings. The van der Waals surface area contributed by atoms with Gasteiger partial charge in [0.2, 0.25) is 0 Å². The molecule has 7 aromatic carbocycles. The molecule has 4 aliphatic carbocycles. The van der Waals surface area contributed by atoms with E-state index < -0.39 is 0 Å². The Morgan fingerprint density at radius 1 is 0.618 bits per heavy atom. The van der Waals surface area contributed by atoms with Gasteiger partial charge in [-0.25, -0.2) is 0 Å². The summed E-state index contributed by atoms with van der Waals surface area (Å²) in [6.07, 6.45) is 8.05. The first-order valence-corrected chi connectivity index (χ1v) is 25.4. The molecule has 0 unspecified atom stereocenters. The Kier molecular flexibility index (Phi) is 7.36. The number of para-hydroxylation sites is 1. The number of aryl methyl sites for hydroxylation is 3. The molecular weight excluding hydrogens is 831 g/mol. The Balaban J connectivity index is 1.17. The van der Waals surface area contributed by atoms with Crippen molar-refractivity contribution in [2.75, 3.05) is 0 Å². The summed E-state index contributed by atoms with van der Waals surface area (Å²) in [6.45, 7) is 16.3. The minimum atomic E-state index is -0.147. The van der Waals surface area contributed by atoms with Gasteiger partial charge in [-0.3, -0.25) is 4.79 Å². The molecule has 0 spiro atoms. The fraction of sp³-hybridized carbons (Fsp3) is 0.302. The number of ketones is 1. The van der Waals surface area contributed by atoms with E-state index >= 15 is 0 Å². The van der Waals surface area contributed by atoms with Crippen molar-refractivity contribution in [2.45, 2.75) is 117 Å². The number of Topliss-reactive ketones (excluding diaryl/α,β-unsaturated/α-hetero) is 1. The van der Waals surface area contributed by atoms with Crippen LogP contribution in [0.4, 0.5) is 0 Å². The summed E-state index contributed by atoms with van der Waals surface area (Å²) in [5.74, 6) is 0.869. The zero-order valence-electron chi connectivity index (χ0n) is 40.1. The highest BCUT2D eigenvalue weighted by Crippen LogP contribution is 2.57. The van der Waals surface area contributed by atoms with Crippen LogP contribution in [0.15, 0.2) is 89.3 Å². The van der Waals surface area contributed by atoms with Gasteiger partial charge in [-0.1, -0.05) is 78.8 Å². The third-order valence-corrected chi connectivity index (χ3v) is 17.9. The van der Waals surface area contributed by atoms with E-state index in [1.54, 1.807) is 0 Å². The molecule has 1 saturated carbocycles. The van der Waals surface area contributed by atoms with Gasteiger partial charge in [0.1, 0.15) is 11.2 Å². The van der Waals surface area contributed by atoms with Crippen LogP contribution in [0.1, 0.15) is 136 Å². The Hall–Kier alpha value is -6.90. The van der Waals surface area contributed by atoms with Crippen LogP contribution < -0.4 is 0 Å². The highest BCUT2D eigenvalue weighted by atomic mass is 16.3. The number of nitrogens with zero attached hydrogens (tertiary/aromatic N) is 3. The second kappa shape index (κ2) is 12.8. The van der Waals surface area contributed by atoms with E-state index in [9.17, 15) is 10.1 Å². The molecule has 12 aromatic rings. The minimum absolute atomic E-state index is 0.117. The van der Waals surface area contributed by atoms with Gasteiger partial charge in [0.05, 0.1) is 50.1 Å². The average Bonchev–Trinajstić information content (AvgIpc) is 4.14. The number of carbonyl (C=O) groups is 1. The van der Waals surface area contributed by atoms with Crippen molar-refractivity contribution >= 4 is 104 Å². The molecule has 5 aromatic heterocycles. The lowest BCUT2D eigenvalue weighted by atomic mass is 9.81. The van der Waals surface area contributed by atoms with Gasteiger partial charge >= 0.3 is 0 Å². The predicted molar refractivity (Wildman–Crippen MR) is 281 cm³/mol. The number of benzene rings is 7. The van der Waals surface area contributed by atoms with Crippen molar-refractivity contribution in [1.29, 1.82) is 5.26 Å². The number of fused-ring (bicyclic) bond motifs is 20. The molecule has 5 heterocycles. The van der Waals surface area contributed by atoms with Gasteiger partial charge in [-0.05, 0) is 167 Å². The highest BCUT2D eigenvalue weighted by Gasteiger charge is 2.46. The lowest BCUT2D eigenvalue weighted by Crippen LogP contribution is -2.18. The van der Waals surface area contributed by atoms with Gasteiger partial charge in [0, 0.05) is 60.0 Å². The molecule has 332 valence electrons. The van der Waals surface area contributed by atoms with E-state index in [2.05, 4.69) is 148 Å². The highest BCUT2D eigenvalue weighted by molar-refractivity contribution is 6.35. The molecule has 0 radical (unpaired) electrons. The summed E-state index contributed by atoms with van der Waals surface area (Å²) >= 11 is 0. The number of carbonyl (C=O) groups excluding carboxylic acids is 1. The molecule has 5 heteroatoms. The zero-order valence-corrected chi connectivity index (χ0v) is 40.1. The van der Waals surface area contributed by atoms with E-state index in [4.69, 9.17) is 4.42 Å². The fourth-order valence-electron chi connectivity index (χ4n) is 15.3. The quantitative estimate of drug-likeness (QED) is 0.177. The maximum Gasteiger partial charge on any atom is 0.166 e. The third kappa shape index (κ3) is 4.61. The van der Waals surface area contributed by atoms with Crippen molar-refractivity contribution in [3.8, 4) is 17.2 Å². The van der Waals surface area contributed by atoms with E-state index in [-0.39, 0.29) is 16.7 Å². The molecule has 68 heavy (non-hydrogen) atoms. The van der Waals surface area contributed by atoms with E-state index in [1.165, 1.54) is 82.3 Å². The standard InChI is InChI=1S/C63H53N3O2/c1-8-31-19-32(9-2)53(33(10-3)20-31)36-21-42-41-26-50-46(28-49(41)66-51-23-37(29-64)56-57(54(51)47(22-36)58(42)66)63(6,7)30-62(56,4)5)55-59-43(25-45-38-13-11-12-14-52(38)68-61(45)55)40-24-39-34-15-17-35(18-16-34)60(67)44(39)27-48(40)65(50)59/h11-14,19-28,34-35H,8-10,15-18,30H2,1-7H3. The lowest BCUT2D eigenvalue weighted by Gasteiger charge is -2.23. The van der Waals surface area contributed by atoms with Gasteiger partial charge < -0.3 is 13.2 Å². The topological polar surface area (TPSA) is 62.8 Å². The van der Waals surface area contributed by atoms with Crippen molar-refractivity contribution in [3.63, 3.8) is 0 Å². The van der Waals surface area contributed by atoms with Gasteiger partial charge in [-0.15, -0.1) is 0 Å². The Morgan fingerprint density at radius 2 is 1.26 bits per heavy atom. The van der Waals surface area contributed by atoms with Crippen molar-refractivity contribution in [3.05, 3.63) is 129 Å². The van der Waals surface area contributed by atoms with E-state index in [1.807, 2.05) is 0 Å². The van der Waals surface area contributed by atoms with E-state index in [0.29, 0.717) is 11.7 Å². The number of hydrogen-bond acceptors (Lipinski definition) is 3. The molecule has 16 rings (SSSR count). The van der Waals surface area contributed by atoms with E-state index in [0.717, 1.165) is 123 Å². The summed E-state index contributed by atoms with van der Waals surface area (Å²) in [4.78, 5) is 14.4. The Morgan fingerprint density at radius 3 is 2.01 bits per heavy atom. The van der Waals surface area contributed by atoms with Crippen molar-refractivity contribution in [1.82, 2.24) is 8.80 Å². The van der Waals surface area contributed by atoms with Crippen LogP contribution in [-0.2, 0) is 30.1 Å². The maximum atomic E-state index is 14.4.